The molecule has 1 amide bonds. The first-order valence-corrected chi connectivity index (χ1v) is 7.03. The van der Waals surface area contributed by atoms with Crippen molar-refractivity contribution in [1.29, 1.82) is 0 Å². The van der Waals surface area contributed by atoms with Crippen molar-refractivity contribution in [2.75, 3.05) is 18.4 Å². The van der Waals surface area contributed by atoms with Gasteiger partial charge >= 0.3 is 0 Å². The van der Waals surface area contributed by atoms with Crippen molar-refractivity contribution in [1.82, 2.24) is 20.1 Å². The van der Waals surface area contributed by atoms with Gasteiger partial charge in [-0.25, -0.2) is 0 Å². The van der Waals surface area contributed by atoms with Gasteiger partial charge in [-0.3, -0.25) is 4.79 Å². The standard InChI is InChI=1S/C13H16BrN5O/c1-19-9-16-18-12(19)5-6-15-8-13(20)17-11-4-2-3-10(14)7-11/h2-4,7,9,15H,5-6,8H2,1H3,(H,17,20). The number of carbonyl (C=O) groups is 1. The van der Waals surface area contributed by atoms with Crippen LogP contribution in [0.3, 0.4) is 0 Å². The zero-order chi connectivity index (χ0) is 14.4. The Morgan fingerprint density at radius 2 is 2.30 bits per heavy atom. The second-order valence-electron chi connectivity index (χ2n) is 4.34. The normalized spacial score (nSPS) is 10.5. The lowest BCUT2D eigenvalue weighted by Crippen LogP contribution is -2.29. The molecule has 0 fully saturated rings. The van der Waals surface area contributed by atoms with Crippen LogP contribution in [0.15, 0.2) is 35.1 Å². The molecule has 0 radical (unpaired) electrons. The van der Waals surface area contributed by atoms with Gasteiger partial charge in [-0.05, 0) is 18.2 Å². The minimum absolute atomic E-state index is 0.0685. The lowest BCUT2D eigenvalue weighted by atomic mass is 10.3. The molecule has 1 aromatic carbocycles. The molecule has 0 aliphatic rings. The quantitative estimate of drug-likeness (QED) is 0.780. The summed E-state index contributed by atoms with van der Waals surface area (Å²) in [4.78, 5) is 11.7. The second-order valence-corrected chi connectivity index (χ2v) is 5.26. The molecule has 0 unspecified atom stereocenters. The highest BCUT2D eigenvalue weighted by atomic mass is 79.9. The second kappa shape index (κ2) is 7.16. The van der Waals surface area contributed by atoms with Gasteiger partial charge in [0.1, 0.15) is 12.2 Å². The predicted molar refractivity (Wildman–Crippen MR) is 80.3 cm³/mol. The summed E-state index contributed by atoms with van der Waals surface area (Å²) in [5.41, 5.74) is 0.777. The fraction of sp³-hybridized carbons (Fsp3) is 0.308. The van der Waals surface area contributed by atoms with Gasteiger partial charge in [0.05, 0.1) is 6.54 Å². The van der Waals surface area contributed by atoms with E-state index in [4.69, 9.17) is 0 Å². The monoisotopic (exact) mass is 337 g/mol. The van der Waals surface area contributed by atoms with Crippen molar-refractivity contribution < 1.29 is 4.79 Å². The van der Waals surface area contributed by atoms with Gasteiger partial charge in [0, 0.05) is 30.2 Å². The number of halogens is 1. The molecule has 2 aromatic rings. The summed E-state index contributed by atoms with van der Waals surface area (Å²) in [6.45, 7) is 0.947. The molecular weight excluding hydrogens is 322 g/mol. The number of aromatic nitrogens is 3. The van der Waals surface area contributed by atoms with E-state index in [2.05, 4.69) is 36.8 Å². The molecule has 0 atom stereocenters. The summed E-state index contributed by atoms with van der Waals surface area (Å²) >= 11 is 3.36. The zero-order valence-electron chi connectivity index (χ0n) is 11.1. The molecule has 6 nitrogen and oxygen atoms in total. The number of hydrogen-bond acceptors (Lipinski definition) is 4. The third-order valence-electron chi connectivity index (χ3n) is 2.72. The summed E-state index contributed by atoms with van der Waals surface area (Å²) in [6.07, 6.45) is 2.40. The van der Waals surface area contributed by atoms with Crippen LogP contribution in [-0.4, -0.2) is 33.8 Å². The Morgan fingerprint density at radius 1 is 1.45 bits per heavy atom. The molecule has 1 aromatic heterocycles. The molecule has 0 saturated carbocycles. The molecule has 20 heavy (non-hydrogen) atoms. The van der Waals surface area contributed by atoms with E-state index in [1.807, 2.05) is 35.9 Å². The Hall–Kier alpha value is -1.73. The van der Waals surface area contributed by atoms with Crippen LogP contribution in [0.5, 0.6) is 0 Å². The first-order valence-electron chi connectivity index (χ1n) is 6.24. The van der Waals surface area contributed by atoms with Crippen molar-refractivity contribution in [2.45, 2.75) is 6.42 Å². The third kappa shape index (κ3) is 4.43. The Kier molecular flexibility index (Phi) is 5.25. The zero-order valence-corrected chi connectivity index (χ0v) is 12.7. The Labute approximate surface area is 125 Å². The highest BCUT2D eigenvalue weighted by Gasteiger charge is 2.03. The number of nitrogens with zero attached hydrogens (tertiary/aromatic N) is 3. The summed E-state index contributed by atoms with van der Waals surface area (Å²) in [5, 5.41) is 13.7. The van der Waals surface area contributed by atoms with Crippen molar-refractivity contribution in [3.05, 3.63) is 40.9 Å². The number of aryl methyl sites for hydroxylation is 1. The Bertz CT molecular complexity index is 584. The largest absolute Gasteiger partial charge is 0.325 e. The maximum absolute atomic E-state index is 11.7. The van der Waals surface area contributed by atoms with Crippen molar-refractivity contribution in [2.24, 2.45) is 7.05 Å². The molecule has 0 bridgehead atoms. The Balaban J connectivity index is 1.69. The van der Waals surface area contributed by atoms with Crippen LogP contribution < -0.4 is 10.6 Å². The average molecular weight is 338 g/mol. The van der Waals surface area contributed by atoms with Gasteiger partial charge in [-0.1, -0.05) is 22.0 Å². The van der Waals surface area contributed by atoms with Crippen LogP contribution in [0.4, 0.5) is 5.69 Å². The highest BCUT2D eigenvalue weighted by Crippen LogP contribution is 2.15. The minimum atomic E-state index is -0.0685. The first-order chi connectivity index (χ1) is 9.65. The van der Waals surface area contributed by atoms with Crippen LogP contribution in [-0.2, 0) is 18.3 Å². The minimum Gasteiger partial charge on any atom is -0.325 e. The van der Waals surface area contributed by atoms with Crippen LogP contribution in [0.2, 0.25) is 0 Å². The maximum Gasteiger partial charge on any atom is 0.238 e. The van der Waals surface area contributed by atoms with Crippen LogP contribution in [0.25, 0.3) is 0 Å². The number of hydrogen-bond donors (Lipinski definition) is 2. The van der Waals surface area contributed by atoms with Crippen molar-refractivity contribution in [3.63, 3.8) is 0 Å². The van der Waals surface area contributed by atoms with E-state index in [0.717, 1.165) is 22.4 Å². The molecule has 2 rings (SSSR count). The number of anilines is 1. The smallest absolute Gasteiger partial charge is 0.238 e. The highest BCUT2D eigenvalue weighted by molar-refractivity contribution is 9.10. The summed E-state index contributed by atoms with van der Waals surface area (Å²) in [6, 6.07) is 7.50. The summed E-state index contributed by atoms with van der Waals surface area (Å²) < 4.78 is 2.80. The van der Waals surface area contributed by atoms with Gasteiger partial charge in [-0.15, -0.1) is 10.2 Å². The lowest BCUT2D eigenvalue weighted by molar-refractivity contribution is -0.115. The SMILES string of the molecule is Cn1cnnc1CCNCC(=O)Nc1cccc(Br)c1. The van der Waals surface area contributed by atoms with Crippen LogP contribution in [0, 0.1) is 0 Å². The summed E-state index contributed by atoms with van der Waals surface area (Å²) in [5.74, 6) is 0.825. The lowest BCUT2D eigenvalue weighted by Gasteiger charge is -2.07. The molecule has 1 heterocycles. The van der Waals surface area contributed by atoms with E-state index in [-0.39, 0.29) is 12.5 Å². The van der Waals surface area contributed by atoms with Gasteiger partial charge < -0.3 is 15.2 Å². The third-order valence-corrected chi connectivity index (χ3v) is 3.22. The fourth-order valence-corrected chi connectivity index (χ4v) is 2.11. The van der Waals surface area contributed by atoms with E-state index < -0.39 is 0 Å². The van der Waals surface area contributed by atoms with Gasteiger partial charge in [0.25, 0.3) is 0 Å². The fourth-order valence-electron chi connectivity index (χ4n) is 1.71. The van der Waals surface area contributed by atoms with Crippen LogP contribution in [0.1, 0.15) is 5.82 Å². The number of nitrogens with one attached hydrogen (secondary N) is 2. The maximum atomic E-state index is 11.7. The topological polar surface area (TPSA) is 71.8 Å². The molecular formula is C13H16BrN5O. The Morgan fingerprint density at radius 3 is 3.00 bits per heavy atom. The van der Waals surface area contributed by atoms with Crippen molar-refractivity contribution in [3.8, 4) is 0 Å². The first kappa shape index (κ1) is 14.7. The molecule has 0 aliphatic heterocycles. The molecule has 0 saturated heterocycles. The molecule has 2 N–H and O–H groups in total. The average Bonchev–Trinajstić information content (AvgIpc) is 2.80. The molecule has 0 spiro atoms. The van der Waals surface area contributed by atoms with E-state index in [0.29, 0.717) is 6.54 Å². The van der Waals surface area contributed by atoms with E-state index >= 15 is 0 Å². The van der Waals surface area contributed by atoms with E-state index in [9.17, 15) is 4.79 Å². The number of amides is 1. The number of carbonyl (C=O) groups excluding carboxylic acids is 1. The summed E-state index contributed by atoms with van der Waals surface area (Å²) in [7, 11) is 1.90. The predicted octanol–water partition coefficient (Wildman–Crippen LogP) is 1.35. The van der Waals surface area contributed by atoms with Gasteiger partial charge in [0.15, 0.2) is 0 Å². The van der Waals surface area contributed by atoms with Crippen molar-refractivity contribution >= 4 is 27.5 Å². The van der Waals surface area contributed by atoms with E-state index in [1.165, 1.54) is 0 Å². The number of rotatable bonds is 6. The van der Waals surface area contributed by atoms with Crippen LogP contribution >= 0.6 is 15.9 Å². The molecule has 0 aliphatic carbocycles. The van der Waals surface area contributed by atoms with Gasteiger partial charge in [-0.2, -0.15) is 0 Å². The number of benzene rings is 1. The van der Waals surface area contributed by atoms with Gasteiger partial charge in [0.2, 0.25) is 5.91 Å². The van der Waals surface area contributed by atoms with E-state index in [1.54, 1.807) is 6.33 Å². The molecule has 7 heteroatoms. The molecule has 106 valence electrons.